The number of rotatable bonds is 1. The van der Waals surface area contributed by atoms with Crippen molar-refractivity contribution in [3.05, 3.63) is 0 Å². The van der Waals surface area contributed by atoms with E-state index in [0.717, 1.165) is 0 Å². The average molecular weight is 135 g/mol. The van der Waals surface area contributed by atoms with Gasteiger partial charge in [-0.15, -0.1) is 11.6 Å². The van der Waals surface area contributed by atoms with E-state index in [2.05, 4.69) is 0 Å². The van der Waals surface area contributed by atoms with Crippen molar-refractivity contribution in [2.75, 3.05) is 0 Å². The summed E-state index contributed by atoms with van der Waals surface area (Å²) >= 11 is 5.01. The van der Waals surface area contributed by atoms with E-state index < -0.39 is 11.3 Å². The highest BCUT2D eigenvalue weighted by Crippen LogP contribution is 1.89. The molecule has 0 aliphatic carbocycles. The average Bonchev–Trinajstić information content (AvgIpc) is 1.36. The molecule has 0 rings (SSSR count). The molecule has 2 nitrogen and oxygen atoms in total. The molecule has 0 spiro atoms. The molecule has 40 valence electrons. The zero-order valence-corrected chi connectivity index (χ0v) is 4.07. The Balaban J connectivity index is 0. The molecule has 0 saturated carbocycles. The number of carboxylic acids is 1. The zero-order valence-electron chi connectivity index (χ0n) is 3.31. The highest BCUT2D eigenvalue weighted by Gasteiger charge is 2.02. The minimum Gasteiger partial charge on any atom is -0.480 e. The Morgan fingerprint density at radius 2 is 2.00 bits per heavy atom. The molecule has 0 aliphatic rings. The lowest BCUT2D eigenvalue weighted by Crippen LogP contribution is -2.06. The standard InChI is InChI=1S/C3H5ClO2.Mg.2H/c1-2(4)3(5)6;;;/h2H,1H3,(H,5,6);;;. The Labute approximate surface area is 63.0 Å². The molecular formula is C3H7ClMgO2. The fourth-order valence-electron chi connectivity index (χ4n) is 0. The van der Waals surface area contributed by atoms with E-state index in [1.165, 1.54) is 6.92 Å². The number of alkyl halides is 1. The van der Waals surface area contributed by atoms with Gasteiger partial charge in [0, 0.05) is 0 Å². The first-order valence-corrected chi connectivity index (χ1v) is 1.95. The fraction of sp³-hybridized carbons (Fsp3) is 0.667. The molecule has 0 heterocycles. The molecule has 0 bridgehead atoms. The van der Waals surface area contributed by atoms with E-state index in [1.807, 2.05) is 0 Å². The minimum absolute atomic E-state index is 0. The number of carboxylic acid groups (broad SMARTS) is 1. The first-order chi connectivity index (χ1) is 2.64. The van der Waals surface area contributed by atoms with Gasteiger partial charge in [-0.2, -0.15) is 0 Å². The molecule has 1 N–H and O–H groups in total. The normalized spacial score (nSPS) is 11.7. The first-order valence-electron chi connectivity index (χ1n) is 1.51. The van der Waals surface area contributed by atoms with Crippen LogP contribution in [0.25, 0.3) is 0 Å². The second-order valence-electron chi connectivity index (χ2n) is 0.954. The Bertz CT molecular complexity index is 64.0. The van der Waals surface area contributed by atoms with E-state index in [9.17, 15) is 4.79 Å². The van der Waals surface area contributed by atoms with Crippen molar-refractivity contribution in [1.29, 1.82) is 0 Å². The van der Waals surface area contributed by atoms with E-state index in [-0.39, 0.29) is 23.1 Å². The summed E-state index contributed by atoms with van der Waals surface area (Å²) in [5.74, 6) is -0.975. The lowest BCUT2D eigenvalue weighted by atomic mass is 10.5. The lowest BCUT2D eigenvalue weighted by molar-refractivity contribution is -0.136. The van der Waals surface area contributed by atoms with Gasteiger partial charge >= 0.3 is 29.0 Å². The minimum atomic E-state index is -0.975. The summed E-state index contributed by atoms with van der Waals surface area (Å²) in [5, 5.41) is 7.10. The Kier molecular flexibility index (Phi) is 7.02. The number of hydrogen-bond acceptors (Lipinski definition) is 1. The maximum absolute atomic E-state index is 9.57. The van der Waals surface area contributed by atoms with Crippen LogP contribution >= 0.6 is 11.6 Å². The van der Waals surface area contributed by atoms with Crippen molar-refractivity contribution in [3.8, 4) is 0 Å². The topological polar surface area (TPSA) is 37.3 Å². The highest BCUT2D eigenvalue weighted by atomic mass is 35.5. The lowest BCUT2D eigenvalue weighted by Gasteiger charge is -1.86. The molecule has 0 aromatic carbocycles. The molecule has 0 radical (unpaired) electrons. The molecule has 1 atom stereocenters. The second-order valence-corrected chi connectivity index (χ2v) is 1.61. The molecule has 4 heteroatoms. The quantitative estimate of drug-likeness (QED) is 0.398. The van der Waals surface area contributed by atoms with Crippen LogP contribution in [0.3, 0.4) is 0 Å². The van der Waals surface area contributed by atoms with Crippen LogP contribution in [0, 0.1) is 0 Å². The Hall–Kier alpha value is 0.526. The largest absolute Gasteiger partial charge is 0.480 e. The summed E-state index contributed by atoms with van der Waals surface area (Å²) < 4.78 is 0. The number of halogens is 1. The van der Waals surface area contributed by atoms with Gasteiger partial charge in [0.05, 0.1) is 0 Å². The van der Waals surface area contributed by atoms with Crippen LogP contribution in [0.15, 0.2) is 0 Å². The summed E-state index contributed by atoms with van der Waals surface area (Å²) in [6.45, 7) is 1.41. The third-order valence-corrected chi connectivity index (χ3v) is 0.527. The monoisotopic (exact) mass is 134 g/mol. The molecule has 1 unspecified atom stereocenters. The number of aliphatic carboxylic acids is 1. The van der Waals surface area contributed by atoms with Crippen molar-refractivity contribution in [3.63, 3.8) is 0 Å². The molecule has 0 fully saturated rings. The van der Waals surface area contributed by atoms with Crippen LogP contribution in [-0.2, 0) is 4.79 Å². The summed E-state index contributed by atoms with van der Waals surface area (Å²) in [6.07, 6.45) is 0. The third kappa shape index (κ3) is 6.53. The van der Waals surface area contributed by atoms with E-state index >= 15 is 0 Å². The van der Waals surface area contributed by atoms with Crippen molar-refractivity contribution >= 4 is 40.6 Å². The molecule has 7 heavy (non-hydrogen) atoms. The van der Waals surface area contributed by atoms with Gasteiger partial charge in [0.15, 0.2) is 0 Å². The van der Waals surface area contributed by atoms with Gasteiger partial charge in [0.2, 0.25) is 0 Å². The van der Waals surface area contributed by atoms with Gasteiger partial charge in [-0.25, -0.2) is 0 Å². The summed E-state index contributed by atoms with van der Waals surface area (Å²) in [7, 11) is 0. The maximum atomic E-state index is 9.57. The first kappa shape index (κ1) is 10.5. The van der Waals surface area contributed by atoms with Crippen molar-refractivity contribution in [2.45, 2.75) is 12.3 Å². The van der Waals surface area contributed by atoms with Crippen LogP contribution in [0.5, 0.6) is 0 Å². The predicted molar refractivity (Wildman–Crippen MR) is 31.5 cm³/mol. The molecule has 0 saturated heterocycles. The molecule has 0 aromatic rings. The van der Waals surface area contributed by atoms with E-state index in [1.54, 1.807) is 0 Å². The Morgan fingerprint density at radius 1 is 1.86 bits per heavy atom. The summed E-state index contributed by atoms with van der Waals surface area (Å²) in [4.78, 5) is 9.57. The SMILES string of the molecule is CC(Cl)C(=O)O.[MgH2]. The fourth-order valence-corrected chi connectivity index (χ4v) is 0. The van der Waals surface area contributed by atoms with Gasteiger partial charge < -0.3 is 5.11 Å². The predicted octanol–water partition coefficient (Wildman–Crippen LogP) is -0.218. The van der Waals surface area contributed by atoms with Gasteiger partial charge in [-0.05, 0) is 6.92 Å². The number of hydrogen-bond donors (Lipinski definition) is 1. The van der Waals surface area contributed by atoms with Crippen LogP contribution in [-0.4, -0.2) is 39.5 Å². The third-order valence-electron chi connectivity index (χ3n) is 0.340. The molecule has 0 amide bonds. The van der Waals surface area contributed by atoms with Crippen LogP contribution in [0.2, 0.25) is 0 Å². The summed E-state index contributed by atoms with van der Waals surface area (Å²) in [5.41, 5.74) is 0. The van der Waals surface area contributed by atoms with Gasteiger partial charge in [-0.1, -0.05) is 0 Å². The summed E-state index contributed by atoms with van der Waals surface area (Å²) in [6, 6.07) is 0. The van der Waals surface area contributed by atoms with Crippen molar-refractivity contribution in [2.24, 2.45) is 0 Å². The van der Waals surface area contributed by atoms with Gasteiger partial charge in [0.1, 0.15) is 5.38 Å². The smallest absolute Gasteiger partial charge is 0.321 e. The maximum Gasteiger partial charge on any atom is 0.321 e. The van der Waals surface area contributed by atoms with Crippen LogP contribution in [0.4, 0.5) is 0 Å². The van der Waals surface area contributed by atoms with Crippen LogP contribution in [0.1, 0.15) is 6.92 Å². The van der Waals surface area contributed by atoms with E-state index in [0.29, 0.717) is 0 Å². The van der Waals surface area contributed by atoms with E-state index in [4.69, 9.17) is 16.7 Å². The molecular weight excluding hydrogens is 128 g/mol. The Morgan fingerprint density at radius 3 is 2.00 bits per heavy atom. The second kappa shape index (κ2) is 4.68. The van der Waals surface area contributed by atoms with Crippen LogP contribution < -0.4 is 0 Å². The zero-order chi connectivity index (χ0) is 5.15. The molecule has 0 aliphatic heterocycles. The highest BCUT2D eigenvalue weighted by molar-refractivity contribution is 6.29. The van der Waals surface area contributed by atoms with Crippen molar-refractivity contribution in [1.82, 2.24) is 0 Å². The van der Waals surface area contributed by atoms with Crippen molar-refractivity contribution < 1.29 is 9.90 Å². The van der Waals surface area contributed by atoms with Gasteiger partial charge in [-0.3, -0.25) is 4.79 Å². The molecule has 0 aromatic heterocycles. The number of carbonyl (C=O) groups is 1. The van der Waals surface area contributed by atoms with Gasteiger partial charge in [0.25, 0.3) is 0 Å².